The van der Waals surface area contributed by atoms with Crippen LogP contribution in [-0.2, 0) is 12.8 Å². The van der Waals surface area contributed by atoms with Crippen molar-refractivity contribution in [1.29, 1.82) is 5.41 Å². The summed E-state index contributed by atoms with van der Waals surface area (Å²) < 4.78 is 0. The van der Waals surface area contributed by atoms with Gasteiger partial charge < -0.3 is 10.6 Å². The highest BCUT2D eigenvalue weighted by Crippen LogP contribution is 2.11. The lowest BCUT2D eigenvalue weighted by Gasteiger charge is -2.20. The molecule has 1 aromatic rings. The molecule has 1 heterocycles. The number of hydrogen-bond donors (Lipinski definition) is 2. The first-order valence-electron chi connectivity index (χ1n) is 6.42. The molecule has 0 aliphatic heterocycles. The fourth-order valence-electron chi connectivity index (χ4n) is 1.72. The van der Waals surface area contributed by atoms with E-state index in [0.717, 1.165) is 30.8 Å². The van der Waals surface area contributed by atoms with Gasteiger partial charge in [0.05, 0.1) is 17.2 Å². The van der Waals surface area contributed by atoms with E-state index in [2.05, 4.69) is 29.0 Å². The van der Waals surface area contributed by atoms with Crippen molar-refractivity contribution in [2.75, 3.05) is 18.0 Å². The molecule has 100 valence electrons. The number of hydrogen-bond acceptors (Lipinski definition) is 5. The number of aryl methyl sites for hydroxylation is 2. The van der Waals surface area contributed by atoms with Crippen LogP contribution in [0.15, 0.2) is 0 Å². The number of aromatic nitrogens is 3. The predicted octanol–water partition coefficient (Wildman–Crippen LogP) is 1.15. The Morgan fingerprint density at radius 1 is 1.17 bits per heavy atom. The smallest absolute Gasteiger partial charge is 0.245 e. The molecule has 18 heavy (non-hydrogen) atoms. The maximum atomic E-state index is 7.26. The molecule has 0 radical (unpaired) electrons. The molecule has 1 aromatic heterocycles. The highest BCUT2D eigenvalue weighted by atomic mass is 15.3. The first-order chi connectivity index (χ1) is 8.62. The molecule has 1 rings (SSSR count). The van der Waals surface area contributed by atoms with Gasteiger partial charge in [-0.05, 0) is 19.8 Å². The second-order valence-corrected chi connectivity index (χ2v) is 4.07. The number of nitrogens with two attached hydrogens (primary N) is 1. The quantitative estimate of drug-likeness (QED) is 0.559. The maximum absolute atomic E-state index is 7.26. The van der Waals surface area contributed by atoms with Crippen LogP contribution in [0.3, 0.4) is 0 Å². The average molecular weight is 250 g/mol. The Bertz CT molecular complexity index is 404. The molecule has 0 aliphatic carbocycles. The van der Waals surface area contributed by atoms with Crippen LogP contribution >= 0.6 is 0 Å². The number of rotatable bonds is 7. The highest BCUT2D eigenvalue weighted by molar-refractivity contribution is 5.77. The van der Waals surface area contributed by atoms with Gasteiger partial charge in [0.15, 0.2) is 0 Å². The molecule has 0 amide bonds. The van der Waals surface area contributed by atoms with E-state index in [0.29, 0.717) is 18.9 Å². The summed E-state index contributed by atoms with van der Waals surface area (Å²) in [5.74, 6) is 0.815. The van der Waals surface area contributed by atoms with Crippen LogP contribution in [0, 0.1) is 5.41 Å². The number of nitrogens with zero attached hydrogens (tertiary/aromatic N) is 4. The summed E-state index contributed by atoms with van der Waals surface area (Å²) in [5.41, 5.74) is 7.34. The highest BCUT2D eigenvalue weighted by Gasteiger charge is 2.11. The van der Waals surface area contributed by atoms with Gasteiger partial charge in [-0.2, -0.15) is 5.10 Å². The van der Waals surface area contributed by atoms with Gasteiger partial charge in [-0.1, -0.05) is 13.8 Å². The molecule has 0 aromatic carbocycles. The zero-order valence-corrected chi connectivity index (χ0v) is 11.4. The monoisotopic (exact) mass is 250 g/mol. The van der Waals surface area contributed by atoms with E-state index in [1.54, 1.807) is 0 Å². The minimum absolute atomic E-state index is 0.183. The standard InChI is InChI=1S/C12H22N6/c1-4-9-10(5-2)16-17-12(15-9)18(6-3)8-7-11(13)14/h4-8H2,1-3H3,(H3,13,14). The zero-order valence-electron chi connectivity index (χ0n) is 11.4. The molecule has 0 unspecified atom stereocenters. The van der Waals surface area contributed by atoms with Crippen molar-refractivity contribution in [1.82, 2.24) is 15.2 Å². The summed E-state index contributed by atoms with van der Waals surface area (Å²) in [6, 6.07) is 0. The van der Waals surface area contributed by atoms with E-state index in [1.165, 1.54) is 0 Å². The van der Waals surface area contributed by atoms with Gasteiger partial charge in [-0.15, -0.1) is 5.10 Å². The zero-order chi connectivity index (χ0) is 13.5. The molecule has 0 saturated heterocycles. The van der Waals surface area contributed by atoms with Crippen LogP contribution in [0.4, 0.5) is 5.95 Å². The molecule has 6 heteroatoms. The molecular weight excluding hydrogens is 228 g/mol. The molecule has 0 fully saturated rings. The van der Waals surface area contributed by atoms with Gasteiger partial charge in [-0.3, -0.25) is 5.41 Å². The van der Waals surface area contributed by atoms with Crippen molar-refractivity contribution in [3.8, 4) is 0 Å². The van der Waals surface area contributed by atoms with Crippen LogP contribution in [0.1, 0.15) is 38.6 Å². The Morgan fingerprint density at radius 3 is 2.33 bits per heavy atom. The van der Waals surface area contributed by atoms with Crippen LogP contribution in [0.5, 0.6) is 0 Å². The second kappa shape index (κ2) is 6.88. The lowest BCUT2D eigenvalue weighted by molar-refractivity contribution is 0.741. The Hall–Kier alpha value is -1.72. The Morgan fingerprint density at radius 2 is 1.83 bits per heavy atom. The van der Waals surface area contributed by atoms with E-state index < -0.39 is 0 Å². The molecule has 0 bridgehead atoms. The first kappa shape index (κ1) is 14.3. The van der Waals surface area contributed by atoms with Crippen molar-refractivity contribution < 1.29 is 0 Å². The minimum atomic E-state index is 0.183. The van der Waals surface area contributed by atoms with E-state index >= 15 is 0 Å². The Labute approximate surface area is 108 Å². The Kier molecular flexibility index (Phi) is 5.48. The van der Waals surface area contributed by atoms with Gasteiger partial charge >= 0.3 is 0 Å². The lowest BCUT2D eigenvalue weighted by atomic mass is 10.2. The van der Waals surface area contributed by atoms with Gasteiger partial charge in [-0.25, -0.2) is 4.98 Å². The lowest BCUT2D eigenvalue weighted by Crippen LogP contribution is -2.30. The van der Waals surface area contributed by atoms with Gasteiger partial charge in [0.1, 0.15) is 0 Å². The minimum Gasteiger partial charge on any atom is -0.388 e. The summed E-state index contributed by atoms with van der Waals surface area (Å²) >= 11 is 0. The average Bonchev–Trinajstić information content (AvgIpc) is 2.38. The largest absolute Gasteiger partial charge is 0.388 e. The Balaban J connectivity index is 2.88. The molecule has 0 aliphatic rings. The van der Waals surface area contributed by atoms with Crippen molar-refractivity contribution in [3.63, 3.8) is 0 Å². The van der Waals surface area contributed by atoms with Crippen molar-refractivity contribution in [2.45, 2.75) is 40.0 Å². The molecule has 0 saturated carbocycles. The van der Waals surface area contributed by atoms with Gasteiger partial charge in [0.25, 0.3) is 0 Å². The molecule has 0 spiro atoms. The van der Waals surface area contributed by atoms with Gasteiger partial charge in [0.2, 0.25) is 5.95 Å². The topological polar surface area (TPSA) is 91.8 Å². The number of amidine groups is 1. The predicted molar refractivity (Wildman–Crippen MR) is 73.0 cm³/mol. The third-order valence-electron chi connectivity index (χ3n) is 2.81. The number of anilines is 1. The first-order valence-corrected chi connectivity index (χ1v) is 6.42. The summed E-state index contributed by atoms with van der Waals surface area (Å²) in [6.07, 6.45) is 2.23. The summed E-state index contributed by atoms with van der Waals surface area (Å²) in [4.78, 5) is 6.55. The third-order valence-corrected chi connectivity index (χ3v) is 2.81. The van der Waals surface area contributed by atoms with E-state index in [-0.39, 0.29) is 5.84 Å². The maximum Gasteiger partial charge on any atom is 0.245 e. The molecule has 3 N–H and O–H groups in total. The second-order valence-electron chi connectivity index (χ2n) is 4.07. The van der Waals surface area contributed by atoms with E-state index in [1.807, 2.05) is 11.8 Å². The van der Waals surface area contributed by atoms with Crippen molar-refractivity contribution in [3.05, 3.63) is 11.4 Å². The van der Waals surface area contributed by atoms with E-state index in [9.17, 15) is 0 Å². The summed E-state index contributed by atoms with van der Waals surface area (Å²) in [5, 5.41) is 15.6. The summed E-state index contributed by atoms with van der Waals surface area (Å²) in [7, 11) is 0. The normalized spacial score (nSPS) is 10.4. The SMILES string of the molecule is CCc1nnc(N(CC)CCC(=N)N)nc1CC. The third kappa shape index (κ3) is 3.65. The fourth-order valence-corrected chi connectivity index (χ4v) is 1.72. The summed E-state index contributed by atoms with van der Waals surface area (Å²) in [6.45, 7) is 7.59. The van der Waals surface area contributed by atoms with Crippen molar-refractivity contribution >= 4 is 11.8 Å². The van der Waals surface area contributed by atoms with Crippen molar-refractivity contribution in [2.24, 2.45) is 5.73 Å². The van der Waals surface area contributed by atoms with Crippen LogP contribution in [0.2, 0.25) is 0 Å². The molecule has 0 atom stereocenters. The van der Waals surface area contributed by atoms with Crippen LogP contribution < -0.4 is 10.6 Å². The van der Waals surface area contributed by atoms with Gasteiger partial charge in [0, 0.05) is 19.5 Å². The van der Waals surface area contributed by atoms with Crippen LogP contribution in [-0.4, -0.2) is 34.1 Å². The molecular formula is C12H22N6. The number of nitrogens with one attached hydrogen (secondary N) is 1. The molecule has 6 nitrogen and oxygen atoms in total. The fraction of sp³-hybridized carbons (Fsp3) is 0.667. The van der Waals surface area contributed by atoms with E-state index in [4.69, 9.17) is 11.1 Å². The van der Waals surface area contributed by atoms with Crippen LogP contribution in [0.25, 0.3) is 0 Å².